The number of rotatable bonds is 2. The van der Waals surface area contributed by atoms with Gasteiger partial charge in [-0.2, -0.15) is 22.9 Å². The highest BCUT2D eigenvalue weighted by atomic mass is 35.5. The Morgan fingerprint density at radius 3 is 2.29 bits per heavy atom. The van der Waals surface area contributed by atoms with E-state index in [1.54, 1.807) is 0 Å². The van der Waals surface area contributed by atoms with E-state index in [-0.39, 0.29) is 5.54 Å². The molecule has 0 aromatic carbocycles. The molecule has 0 atom stereocenters. The lowest BCUT2D eigenvalue weighted by Gasteiger charge is -1.82. The van der Waals surface area contributed by atoms with E-state index in [4.69, 9.17) is 22.9 Å². The smallest absolute Gasteiger partial charge is 0.171 e. The van der Waals surface area contributed by atoms with Gasteiger partial charge >= 0.3 is 5.54 Å². The maximum absolute atomic E-state index is 5.37. The molecule has 0 rings (SSSR count). The summed E-state index contributed by atoms with van der Waals surface area (Å²) >= 11 is 10.7. The lowest BCUT2D eigenvalue weighted by Crippen LogP contribution is -1.85. The number of hydrogen-bond donors (Lipinski definition) is 0. The molecule has 0 heterocycles. The maximum Gasteiger partial charge on any atom is 0.355 e. The van der Waals surface area contributed by atoms with Crippen molar-refractivity contribution in [2.75, 3.05) is 0 Å². The van der Waals surface area contributed by atoms with Gasteiger partial charge in [0.25, 0.3) is 0 Å². The topological polar surface area (TPSA) is 0 Å². The Bertz CT molecular complexity index is 60.7. The predicted molar refractivity (Wildman–Crippen MR) is 37.1 cm³/mol. The highest BCUT2D eigenvalue weighted by Gasteiger charge is 1.98. The van der Waals surface area contributed by atoms with Gasteiger partial charge in [-0.1, -0.05) is 12.2 Å². The minimum Gasteiger partial charge on any atom is -0.171 e. The molecule has 0 aromatic rings. The third-order valence-corrected chi connectivity index (χ3v) is 0.906. The van der Waals surface area contributed by atoms with Crippen LogP contribution in [0.5, 0.6) is 0 Å². The quantitative estimate of drug-likeness (QED) is 0.405. The Balaban J connectivity index is 2.97. The van der Waals surface area contributed by atoms with Crippen LogP contribution in [0.4, 0.5) is 0 Å². The summed E-state index contributed by atoms with van der Waals surface area (Å²) in [4.78, 5) is 0. The molecule has 0 amide bonds. The third-order valence-electron chi connectivity index (χ3n) is 0.550. The van der Waals surface area contributed by atoms with Crippen LogP contribution in [-0.4, -0.2) is 5.54 Å². The minimum absolute atomic E-state index is 0.240. The van der Waals surface area contributed by atoms with Crippen molar-refractivity contribution in [3.05, 3.63) is 12.2 Å². The molecular weight excluding hydrogens is 130 g/mol. The van der Waals surface area contributed by atoms with Crippen LogP contribution in [0.25, 0.3) is 0 Å². The lowest BCUT2D eigenvalue weighted by atomic mass is 10.0. The zero-order valence-corrected chi connectivity index (χ0v) is 5.71. The summed E-state index contributed by atoms with van der Waals surface area (Å²) in [5, 5.41) is 0. The first-order chi connectivity index (χ1) is 3.27. The fourth-order valence-corrected chi connectivity index (χ4v) is 0.445. The van der Waals surface area contributed by atoms with Crippen molar-refractivity contribution in [2.24, 2.45) is 0 Å². The molecule has 0 aliphatic heterocycles. The van der Waals surface area contributed by atoms with Crippen molar-refractivity contribution in [1.82, 2.24) is 0 Å². The molecule has 0 aliphatic carbocycles. The van der Waals surface area contributed by atoms with Crippen LogP contribution in [0.2, 0.25) is 6.32 Å². The summed E-state index contributed by atoms with van der Waals surface area (Å²) in [7, 11) is 0. The standard InChI is InChI=1S/C4H7BCl2/c1-2-3-4-5(6)7/h2-3H,4H2,1H3/b3-2+. The first-order valence-corrected chi connectivity index (χ1v) is 3.04. The summed E-state index contributed by atoms with van der Waals surface area (Å²) in [6.45, 7) is 1.94. The van der Waals surface area contributed by atoms with Gasteiger partial charge in [0, 0.05) is 0 Å². The fourth-order valence-electron chi connectivity index (χ4n) is 0.239. The Morgan fingerprint density at radius 1 is 1.57 bits per heavy atom. The third kappa shape index (κ3) is 6.38. The molecule has 0 aliphatic rings. The molecule has 0 bridgehead atoms. The summed E-state index contributed by atoms with van der Waals surface area (Å²) in [6, 6.07) is 0. The van der Waals surface area contributed by atoms with Crippen molar-refractivity contribution in [2.45, 2.75) is 13.2 Å². The minimum atomic E-state index is -0.240. The Labute approximate surface area is 54.4 Å². The highest BCUT2D eigenvalue weighted by molar-refractivity contribution is 7.33. The van der Waals surface area contributed by atoms with E-state index < -0.39 is 0 Å². The average Bonchev–Trinajstić information content (AvgIpc) is 1.61. The van der Waals surface area contributed by atoms with Gasteiger partial charge < -0.3 is 0 Å². The van der Waals surface area contributed by atoms with Gasteiger partial charge in [0.05, 0.1) is 0 Å². The van der Waals surface area contributed by atoms with Gasteiger partial charge in [-0.25, -0.2) is 0 Å². The summed E-state index contributed by atoms with van der Waals surface area (Å²) in [5.41, 5.74) is -0.240. The second-order valence-electron chi connectivity index (χ2n) is 1.20. The van der Waals surface area contributed by atoms with Crippen molar-refractivity contribution < 1.29 is 0 Å². The van der Waals surface area contributed by atoms with Gasteiger partial charge in [-0.15, -0.1) is 0 Å². The lowest BCUT2D eigenvalue weighted by molar-refractivity contribution is 1.62. The molecule has 0 saturated carbocycles. The van der Waals surface area contributed by atoms with E-state index in [2.05, 4.69) is 0 Å². The van der Waals surface area contributed by atoms with Crippen LogP contribution in [0, 0.1) is 0 Å². The Morgan fingerprint density at radius 2 is 2.14 bits per heavy atom. The zero-order valence-electron chi connectivity index (χ0n) is 4.20. The van der Waals surface area contributed by atoms with Gasteiger partial charge in [-0.05, 0) is 13.2 Å². The normalized spacial score (nSPS) is 10.1. The molecule has 0 spiro atoms. The van der Waals surface area contributed by atoms with E-state index in [0.29, 0.717) is 0 Å². The largest absolute Gasteiger partial charge is 0.355 e. The summed E-state index contributed by atoms with van der Waals surface area (Å²) < 4.78 is 0. The molecular formula is C4H7BCl2. The molecule has 0 N–H and O–H groups in total. The monoisotopic (exact) mass is 136 g/mol. The summed E-state index contributed by atoms with van der Waals surface area (Å²) in [5.74, 6) is 0. The highest BCUT2D eigenvalue weighted by Crippen LogP contribution is 2.02. The fraction of sp³-hybridized carbons (Fsp3) is 0.500. The molecule has 0 fully saturated rings. The van der Waals surface area contributed by atoms with E-state index >= 15 is 0 Å². The molecule has 0 nitrogen and oxygen atoms in total. The first kappa shape index (κ1) is 7.38. The van der Waals surface area contributed by atoms with Crippen LogP contribution in [0.3, 0.4) is 0 Å². The van der Waals surface area contributed by atoms with Crippen LogP contribution in [-0.2, 0) is 0 Å². The van der Waals surface area contributed by atoms with E-state index in [1.807, 2.05) is 19.1 Å². The SMILES string of the molecule is C/C=C/CB(Cl)Cl. The maximum atomic E-state index is 5.37. The molecule has 0 unspecified atom stereocenters. The van der Waals surface area contributed by atoms with Gasteiger partial charge in [0.2, 0.25) is 0 Å². The van der Waals surface area contributed by atoms with Crippen molar-refractivity contribution in [3.63, 3.8) is 0 Å². The van der Waals surface area contributed by atoms with Gasteiger partial charge in [0.1, 0.15) is 0 Å². The van der Waals surface area contributed by atoms with E-state index in [0.717, 1.165) is 6.32 Å². The second kappa shape index (κ2) is 4.54. The molecule has 3 heteroatoms. The van der Waals surface area contributed by atoms with Gasteiger partial charge in [-0.3, -0.25) is 0 Å². The second-order valence-corrected chi connectivity index (χ2v) is 2.47. The van der Waals surface area contributed by atoms with E-state index in [1.165, 1.54) is 0 Å². The van der Waals surface area contributed by atoms with Crippen molar-refractivity contribution in [1.29, 1.82) is 0 Å². The summed E-state index contributed by atoms with van der Waals surface area (Å²) in [6.07, 6.45) is 4.61. The zero-order chi connectivity index (χ0) is 5.70. The van der Waals surface area contributed by atoms with Gasteiger partial charge in [0.15, 0.2) is 0 Å². The average molecular weight is 137 g/mol. The molecule has 7 heavy (non-hydrogen) atoms. The molecule has 0 radical (unpaired) electrons. The predicted octanol–water partition coefficient (Wildman–Crippen LogP) is 2.53. The molecule has 0 saturated heterocycles. The van der Waals surface area contributed by atoms with Crippen molar-refractivity contribution in [3.8, 4) is 0 Å². The Kier molecular flexibility index (Phi) is 4.79. The Hall–Kier alpha value is 0.385. The number of halogens is 2. The van der Waals surface area contributed by atoms with Crippen LogP contribution < -0.4 is 0 Å². The van der Waals surface area contributed by atoms with Crippen LogP contribution >= 0.6 is 22.9 Å². The number of hydrogen-bond acceptors (Lipinski definition) is 0. The van der Waals surface area contributed by atoms with E-state index in [9.17, 15) is 0 Å². The number of allylic oxidation sites excluding steroid dienone is 2. The molecule has 40 valence electrons. The first-order valence-electron chi connectivity index (χ1n) is 2.16. The van der Waals surface area contributed by atoms with Crippen LogP contribution in [0.1, 0.15) is 6.92 Å². The molecule has 0 aromatic heterocycles. The van der Waals surface area contributed by atoms with Crippen LogP contribution in [0.15, 0.2) is 12.2 Å². The van der Waals surface area contributed by atoms with Crippen molar-refractivity contribution >= 4 is 28.5 Å².